The highest BCUT2D eigenvalue weighted by Crippen LogP contribution is 2.10. The summed E-state index contributed by atoms with van der Waals surface area (Å²) in [6.45, 7) is 3.95. The maximum Gasteiger partial charge on any atom is 0.207 e. The minimum absolute atomic E-state index is 0.0758. The second-order valence-corrected chi connectivity index (χ2v) is 4.54. The first-order valence-corrected chi connectivity index (χ1v) is 6.60. The van der Waals surface area contributed by atoms with E-state index in [1.165, 1.54) is 38.5 Å². The third-order valence-corrected chi connectivity index (χ3v) is 2.98. The molecule has 0 aliphatic heterocycles. The van der Waals surface area contributed by atoms with Crippen LogP contribution in [0.15, 0.2) is 0 Å². The van der Waals surface area contributed by atoms with Crippen molar-refractivity contribution in [2.45, 2.75) is 77.4 Å². The Hall–Kier alpha value is -0.570. The van der Waals surface area contributed by atoms with Crippen molar-refractivity contribution in [1.29, 1.82) is 0 Å². The third kappa shape index (κ3) is 8.72. The zero-order valence-corrected chi connectivity index (χ0v) is 10.7. The van der Waals surface area contributed by atoms with Crippen LogP contribution in [-0.4, -0.2) is 23.7 Å². The van der Waals surface area contributed by atoms with Gasteiger partial charge in [-0.1, -0.05) is 51.9 Å². The number of rotatable bonds is 11. The second kappa shape index (κ2) is 10.9. The number of unbranched alkanes of at least 4 members (excludes halogenated alkanes) is 6. The molecule has 0 aliphatic carbocycles. The molecule has 0 heterocycles. The fraction of sp³-hybridized carbons (Fsp3) is 0.923. The molecule has 0 radical (unpaired) electrons. The minimum atomic E-state index is -0.453. The molecule has 0 spiro atoms. The van der Waals surface area contributed by atoms with Gasteiger partial charge in [-0.05, 0) is 13.3 Å². The van der Waals surface area contributed by atoms with Crippen LogP contribution in [0.2, 0.25) is 0 Å². The first kappa shape index (κ1) is 15.4. The summed E-state index contributed by atoms with van der Waals surface area (Å²) in [4.78, 5) is 10.3. The van der Waals surface area contributed by atoms with E-state index in [0.29, 0.717) is 6.41 Å². The molecule has 0 aliphatic rings. The van der Waals surface area contributed by atoms with Crippen LogP contribution in [0.25, 0.3) is 0 Å². The maximum absolute atomic E-state index is 10.3. The Morgan fingerprint density at radius 2 is 1.69 bits per heavy atom. The van der Waals surface area contributed by atoms with E-state index in [1.807, 2.05) is 0 Å². The van der Waals surface area contributed by atoms with Crippen molar-refractivity contribution in [2.24, 2.45) is 0 Å². The van der Waals surface area contributed by atoms with Gasteiger partial charge in [0.05, 0.1) is 12.1 Å². The van der Waals surface area contributed by atoms with Gasteiger partial charge in [0.1, 0.15) is 0 Å². The van der Waals surface area contributed by atoms with Crippen LogP contribution in [0.1, 0.15) is 65.2 Å². The van der Waals surface area contributed by atoms with Crippen molar-refractivity contribution >= 4 is 6.41 Å². The SMILES string of the molecule is CCCCCCCCCC(NC=O)C(C)O. The summed E-state index contributed by atoms with van der Waals surface area (Å²) in [6, 6.07) is -0.0758. The quantitative estimate of drug-likeness (QED) is 0.422. The Labute approximate surface area is 99.6 Å². The van der Waals surface area contributed by atoms with Crippen LogP contribution in [0.3, 0.4) is 0 Å². The number of nitrogens with one attached hydrogen (secondary N) is 1. The Kier molecular flexibility index (Phi) is 10.5. The first-order chi connectivity index (χ1) is 7.72. The number of amides is 1. The summed E-state index contributed by atoms with van der Waals surface area (Å²) in [5.41, 5.74) is 0. The topological polar surface area (TPSA) is 49.3 Å². The lowest BCUT2D eigenvalue weighted by molar-refractivity contribution is -0.110. The zero-order chi connectivity index (χ0) is 12.2. The summed E-state index contributed by atoms with van der Waals surface area (Å²) in [5.74, 6) is 0. The van der Waals surface area contributed by atoms with Gasteiger partial charge in [-0.2, -0.15) is 0 Å². The Morgan fingerprint density at radius 1 is 1.12 bits per heavy atom. The lowest BCUT2D eigenvalue weighted by atomic mass is 10.0. The Balaban J connectivity index is 3.36. The smallest absolute Gasteiger partial charge is 0.207 e. The molecule has 3 heteroatoms. The third-order valence-electron chi connectivity index (χ3n) is 2.98. The van der Waals surface area contributed by atoms with Gasteiger partial charge in [0.2, 0.25) is 6.41 Å². The monoisotopic (exact) mass is 229 g/mol. The molecule has 0 fully saturated rings. The van der Waals surface area contributed by atoms with Gasteiger partial charge >= 0.3 is 0 Å². The average Bonchev–Trinajstić information content (AvgIpc) is 2.26. The summed E-state index contributed by atoms with van der Waals surface area (Å²) >= 11 is 0. The minimum Gasteiger partial charge on any atom is -0.391 e. The highest BCUT2D eigenvalue weighted by molar-refractivity contribution is 5.46. The van der Waals surface area contributed by atoms with E-state index in [9.17, 15) is 9.90 Å². The molecule has 0 bridgehead atoms. The van der Waals surface area contributed by atoms with Gasteiger partial charge in [-0.25, -0.2) is 0 Å². The number of hydrogen-bond donors (Lipinski definition) is 2. The molecule has 0 aromatic carbocycles. The molecule has 0 saturated carbocycles. The molecule has 0 saturated heterocycles. The number of aliphatic hydroxyl groups is 1. The van der Waals surface area contributed by atoms with Gasteiger partial charge in [-0.3, -0.25) is 4.79 Å². The van der Waals surface area contributed by atoms with Crippen LogP contribution < -0.4 is 5.32 Å². The maximum atomic E-state index is 10.3. The molecule has 2 atom stereocenters. The van der Waals surface area contributed by atoms with Gasteiger partial charge in [0, 0.05) is 0 Å². The molecular weight excluding hydrogens is 202 g/mol. The summed E-state index contributed by atoms with van der Waals surface area (Å²) < 4.78 is 0. The molecule has 1 amide bonds. The van der Waals surface area contributed by atoms with Gasteiger partial charge < -0.3 is 10.4 Å². The van der Waals surface area contributed by atoms with Crippen LogP contribution in [0.5, 0.6) is 0 Å². The standard InChI is InChI=1S/C13H27NO2/c1-3-4-5-6-7-8-9-10-13(12(2)16)14-11-15/h11-13,16H,3-10H2,1-2H3,(H,14,15). The fourth-order valence-corrected chi connectivity index (χ4v) is 1.87. The molecule has 0 rings (SSSR count). The van der Waals surface area contributed by atoms with E-state index >= 15 is 0 Å². The molecule has 2 unspecified atom stereocenters. The van der Waals surface area contributed by atoms with Crippen LogP contribution in [-0.2, 0) is 4.79 Å². The Morgan fingerprint density at radius 3 is 2.19 bits per heavy atom. The highest BCUT2D eigenvalue weighted by atomic mass is 16.3. The number of carbonyl (C=O) groups is 1. The molecule has 0 aromatic heterocycles. The van der Waals surface area contributed by atoms with Gasteiger partial charge in [-0.15, -0.1) is 0 Å². The normalized spacial score (nSPS) is 14.4. The predicted molar refractivity (Wildman–Crippen MR) is 67.3 cm³/mol. The van der Waals surface area contributed by atoms with E-state index in [2.05, 4.69) is 12.2 Å². The van der Waals surface area contributed by atoms with Crippen molar-refractivity contribution in [3.63, 3.8) is 0 Å². The van der Waals surface area contributed by atoms with E-state index < -0.39 is 6.10 Å². The molecule has 0 aromatic rings. The first-order valence-electron chi connectivity index (χ1n) is 6.60. The van der Waals surface area contributed by atoms with Crippen LogP contribution in [0.4, 0.5) is 0 Å². The molecule has 3 nitrogen and oxygen atoms in total. The Bertz CT molecular complexity index is 160. The van der Waals surface area contributed by atoms with Crippen molar-refractivity contribution in [3.05, 3.63) is 0 Å². The largest absolute Gasteiger partial charge is 0.391 e. The zero-order valence-electron chi connectivity index (χ0n) is 10.7. The molecule has 2 N–H and O–H groups in total. The predicted octanol–water partition coefficient (Wildman–Crippen LogP) is 2.62. The summed E-state index contributed by atoms with van der Waals surface area (Å²) in [7, 11) is 0. The van der Waals surface area contributed by atoms with E-state index in [1.54, 1.807) is 6.92 Å². The van der Waals surface area contributed by atoms with Gasteiger partial charge in [0.15, 0.2) is 0 Å². The summed E-state index contributed by atoms with van der Waals surface area (Å²) in [6.07, 6.45) is 9.94. The number of carbonyl (C=O) groups excluding carboxylic acids is 1. The molecule has 96 valence electrons. The average molecular weight is 229 g/mol. The van der Waals surface area contributed by atoms with Crippen molar-refractivity contribution in [2.75, 3.05) is 0 Å². The molecule has 16 heavy (non-hydrogen) atoms. The van der Waals surface area contributed by atoms with Crippen molar-refractivity contribution in [3.8, 4) is 0 Å². The van der Waals surface area contributed by atoms with E-state index in [0.717, 1.165) is 12.8 Å². The van der Waals surface area contributed by atoms with E-state index in [-0.39, 0.29) is 6.04 Å². The summed E-state index contributed by atoms with van der Waals surface area (Å²) in [5, 5.41) is 12.1. The lowest BCUT2D eigenvalue weighted by Crippen LogP contribution is -2.37. The molecular formula is C13H27NO2. The second-order valence-electron chi connectivity index (χ2n) is 4.54. The number of aliphatic hydroxyl groups excluding tert-OH is 1. The fourth-order valence-electron chi connectivity index (χ4n) is 1.87. The van der Waals surface area contributed by atoms with Gasteiger partial charge in [0.25, 0.3) is 0 Å². The van der Waals surface area contributed by atoms with Crippen LogP contribution >= 0.6 is 0 Å². The van der Waals surface area contributed by atoms with E-state index in [4.69, 9.17) is 0 Å². The lowest BCUT2D eigenvalue weighted by Gasteiger charge is -2.18. The van der Waals surface area contributed by atoms with Crippen molar-refractivity contribution < 1.29 is 9.90 Å². The number of hydrogen-bond acceptors (Lipinski definition) is 2. The van der Waals surface area contributed by atoms with Crippen LogP contribution in [0, 0.1) is 0 Å². The highest BCUT2D eigenvalue weighted by Gasteiger charge is 2.12. The van der Waals surface area contributed by atoms with Crippen molar-refractivity contribution in [1.82, 2.24) is 5.32 Å².